The van der Waals surface area contributed by atoms with Crippen LogP contribution in [0.25, 0.3) is 0 Å². The third kappa shape index (κ3) is 4.07. The summed E-state index contributed by atoms with van der Waals surface area (Å²) < 4.78 is 1.48. The molecule has 7 nitrogen and oxygen atoms in total. The van der Waals surface area contributed by atoms with E-state index in [9.17, 15) is 9.59 Å². The predicted octanol–water partition coefficient (Wildman–Crippen LogP) is 3.29. The molecule has 132 valence electrons. The normalized spacial score (nSPS) is 10.4. The van der Waals surface area contributed by atoms with Crippen LogP contribution in [-0.2, 0) is 6.54 Å². The Hall–Kier alpha value is -3.19. The summed E-state index contributed by atoms with van der Waals surface area (Å²) in [6.07, 6.45) is 3.08. The first-order chi connectivity index (χ1) is 12.5. The third-order valence-corrected chi connectivity index (χ3v) is 4.05. The van der Waals surface area contributed by atoms with Gasteiger partial charge in [0, 0.05) is 6.20 Å². The first-order valence-electron chi connectivity index (χ1n) is 7.83. The number of aromatic nitrogens is 3. The molecule has 3 aromatic rings. The van der Waals surface area contributed by atoms with Crippen LogP contribution in [0, 0.1) is 6.92 Å². The number of urea groups is 1. The van der Waals surface area contributed by atoms with Gasteiger partial charge in [-0.15, -0.1) is 0 Å². The standard InChI is InChI=1S/C18H16ClN5O2/c1-12-15(19)22-16(23-18(26)21-14-8-5-9-20-10-14)17(25)24(12)11-13-6-3-2-4-7-13/h2-10H,11H2,1H3,(H2,21,22,23,26). The van der Waals surface area contributed by atoms with E-state index in [4.69, 9.17) is 11.6 Å². The maximum atomic E-state index is 12.7. The fraction of sp³-hybridized carbons (Fsp3) is 0.111. The van der Waals surface area contributed by atoms with Crippen molar-refractivity contribution in [2.75, 3.05) is 10.6 Å². The van der Waals surface area contributed by atoms with Crippen LogP contribution >= 0.6 is 11.6 Å². The summed E-state index contributed by atoms with van der Waals surface area (Å²) in [6, 6.07) is 12.2. The lowest BCUT2D eigenvalue weighted by Gasteiger charge is -2.14. The molecular weight excluding hydrogens is 354 g/mol. The van der Waals surface area contributed by atoms with E-state index in [1.807, 2.05) is 30.3 Å². The van der Waals surface area contributed by atoms with E-state index >= 15 is 0 Å². The summed E-state index contributed by atoms with van der Waals surface area (Å²) >= 11 is 6.15. The highest BCUT2D eigenvalue weighted by atomic mass is 35.5. The van der Waals surface area contributed by atoms with Gasteiger partial charge in [-0.1, -0.05) is 41.9 Å². The molecule has 2 aromatic heterocycles. The fourth-order valence-corrected chi connectivity index (χ4v) is 2.55. The average molecular weight is 370 g/mol. The molecule has 2 N–H and O–H groups in total. The second kappa shape index (κ2) is 7.79. The molecule has 2 heterocycles. The second-order valence-electron chi connectivity index (χ2n) is 5.53. The van der Waals surface area contributed by atoms with Crippen LogP contribution in [0.15, 0.2) is 59.7 Å². The minimum atomic E-state index is -0.603. The lowest BCUT2D eigenvalue weighted by molar-refractivity contribution is 0.262. The van der Waals surface area contributed by atoms with E-state index in [1.165, 1.54) is 10.8 Å². The number of benzene rings is 1. The Bertz CT molecular complexity index is 974. The number of pyridine rings is 1. The molecule has 0 saturated heterocycles. The minimum absolute atomic E-state index is 0.141. The van der Waals surface area contributed by atoms with Crippen molar-refractivity contribution >= 4 is 29.1 Å². The summed E-state index contributed by atoms with van der Waals surface area (Å²) in [5.41, 5.74) is 1.52. The summed E-state index contributed by atoms with van der Waals surface area (Å²) in [5, 5.41) is 5.17. The quantitative estimate of drug-likeness (QED) is 0.738. The Kier molecular flexibility index (Phi) is 5.28. The van der Waals surface area contributed by atoms with Crippen molar-refractivity contribution in [1.29, 1.82) is 0 Å². The van der Waals surface area contributed by atoms with E-state index in [2.05, 4.69) is 20.6 Å². The number of halogens is 1. The van der Waals surface area contributed by atoms with E-state index in [0.29, 0.717) is 17.9 Å². The highest BCUT2D eigenvalue weighted by Crippen LogP contribution is 2.14. The SMILES string of the molecule is Cc1c(Cl)nc(NC(=O)Nc2cccnc2)c(=O)n1Cc1ccccc1. The van der Waals surface area contributed by atoms with E-state index in [1.54, 1.807) is 25.3 Å². The third-order valence-electron chi connectivity index (χ3n) is 3.70. The van der Waals surface area contributed by atoms with Gasteiger partial charge >= 0.3 is 6.03 Å². The molecule has 0 saturated carbocycles. The monoisotopic (exact) mass is 369 g/mol. The minimum Gasteiger partial charge on any atom is -0.306 e. The molecule has 0 aliphatic carbocycles. The van der Waals surface area contributed by atoms with Gasteiger partial charge in [0.05, 0.1) is 24.1 Å². The number of anilines is 2. The van der Waals surface area contributed by atoms with Gasteiger partial charge in [-0.05, 0) is 24.6 Å². The zero-order valence-electron chi connectivity index (χ0n) is 13.9. The molecule has 0 fully saturated rings. The highest BCUT2D eigenvalue weighted by Gasteiger charge is 2.15. The molecule has 0 unspecified atom stereocenters. The van der Waals surface area contributed by atoms with Crippen molar-refractivity contribution in [1.82, 2.24) is 14.5 Å². The van der Waals surface area contributed by atoms with Crippen LogP contribution in [0.2, 0.25) is 5.15 Å². The van der Waals surface area contributed by atoms with Gasteiger partial charge in [0.1, 0.15) is 0 Å². The molecule has 2 amide bonds. The van der Waals surface area contributed by atoms with Crippen molar-refractivity contribution < 1.29 is 4.79 Å². The topological polar surface area (TPSA) is 88.9 Å². The van der Waals surface area contributed by atoms with Gasteiger partial charge < -0.3 is 9.88 Å². The Morgan fingerprint density at radius 1 is 1.15 bits per heavy atom. The Morgan fingerprint density at radius 3 is 2.62 bits per heavy atom. The highest BCUT2D eigenvalue weighted by molar-refractivity contribution is 6.30. The number of nitrogens with one attached hydrogen (secondary N) is 2. The summed E-state index contributed by atoms with van der Waals surface area (Å²) in [4.78, 5) is 32.7. The maximum Gasteiger partial charge on any atom is 0.325 e. The lowest BCUT2D eigenvalue weighted by atomic mass is 10.2. The van der Waals surface area contributed by atoms with Crippen LogP contribution < -0.4 is 16.2 Å². The maximum absolute atomic E-state index is 12.7. The first kappa shape index (κ1) is 17.6. The smallest absolute Gasteiger partial charge is 0.306 e. The second-order valence-corrected chi connectivity index (χ2v) is 5.89. The molecule has 3 rings (SSSR count). The van der Waals surface area contributed by atoms with Crippen LogP contribution in [0.3, 0.4) is 0 Å². The molecule has 26 heavy (non-hydrogen) atoms. The zero-order valence-corrected chi connectivity index (χ0v) is 14.7. The largest absolute Gasteiger partial charge is 0.325 e. The van der Waals surface area contributed by atoms with E-state index in [-0.39, 0.29) is 11.0 Å². The number of rotatable bonds is 4. The summed E-state index contributed by atoms with van der Waals surface area (Å²) in [6.45, 7) is 2.03. The molecule has 0 bridgehead atoms. The number of carbonyl (C=O) groups is 1. The van der Waals surface area contributed by atoms with E-state index in [0.717, 1.165) is 5.56 Å². The Labute approximate surface area is 154 Å². The number of amides is 2. The van der Waals surface area contributed by atoms with Crippen molar-refractivity contribution in [3.8, 4) is 0 Å². The fourth-order valence-electron chi connectivity index (χ4n) is 2.36. The Morgan fingerprint density at radius 2 is 1.92 bits per heavy atom. The van der Waals surface area contributed by atoms with Gasteiger partial charge in [0.15, 0.2) is 5.15 Å². The van der Waals surface area contributed by atoms with Gasteiger partial charge in [-0.3, -0.25) is 15.1 Å². The van der Waals surface area contributed by atoms with Crippen molar-refractivity contribution in [3.63, 3.8) is 0 Å². The van der Waals surface area contributed by atoms with Gasteiger partial charge in [0.25, 0.3) is 5.56 Å². The number of carbonyl (C=O) groups excluding carboxylic acids is 1. The van der Waals surface area contributed by atoms with Crippen LogP contribution in [-0.4, -0.2) is 20.6 Å². The molecule has 0 radical (unpaired) electrons. The predicted molar refractivity (Wildman–Crippen MR) is 101 cm³/mol. The molecule has 0 spiro atoms. The molecule has 1 aromatic carbocycles. The van der Waals surface area contributed by atoms with Crippen molar-refractivity contribution in [2.45, 2.75) is 13.5 Å². The van der Waals surface area contributed by atoms with Crippen LogP contribution in [0.5, 0.6) is 0 Å². The number of hydrogen-bond acceptors (Lipinski definition) is 4. The zero-order chi connectivity index (χ0) is 18.5. The van der Waals surface area contributed by atoms with E-state index < -0.39 is 11.6 Å². The molecule has 0 aliphatic heterocycles. The number of hydrogen-bond donors (Lipinski definition) is 2. The Balaban J connectivity index is 1.86. The van der Waals surface area contributed by atoms with Gasteiger partial charge in [-0.25, -0.2) is 9.78 Å². The molecule has 0 aliphatic rings. The lowest BCUT2D eigenvalue weighted by Crippen LogP contribution is -2.31. The van der Waals surface area contributed by atoms with Gasteiger partial charge in [0.2, 0.25) is 5.82 Å². The summed E-state index contributed by atoms with van der Waals surface area (Å²) in [5.74, 6) is -0.141. The summed E-state index contributed by atoms with van der Waals surface area (Å²) in [7, 11) is 0. The van der Waals surface area contributed by atoms with Crippen molar-refractivity contribution in [3.05, 3.63) is 81.6 Å². The molecule has 8 heteroatoms. The molecule has 0 atom stereocenters. The average Bonchev–Trinajstić information content (AvgIpc) is 2.65. The van der Waals surface area contributed by atoms with Crippen LogP contribution in [0.4, 0.5) is 16.3 Å². The number of nitrogens with zero attached hydrogens (tertiary/aromatic N) is 3. The molecular formula is C18H16ClN5O2. The van der Waals surface area contributed by atoms with Gasteiger partial charge in [-0.2, -0.15) is 0 Å². The first-order valence-corrected chi connectivity index (χ1v) is 8.21. The van der Waals surface area contributed by atoms with Crippen molar-refractivity contribution in [2.24, 2.45) is 0 Å². The van der Waals surface area contributed by atoms with Crippen LogP contribution in [0.1, 0.15) is 11.3 Å².